The second-order valence-corrected chi connectivity index (χ2v) is 12.3. The Morgan fingerprint density at radius 2 is 1.98 bits per heavy atom. The van der Waals surface area contributed by atoms with Crippen molar-refractivity contribution < 1.29 is 45.8 Å². The number of hydrogen-bond acceptors (Lipinski definition) is 7. The van der Waals surface area contributed by atoms with Crippen LogP contribution in [0.25, 0.3) is 0 Å². The number of halogens is 4. The molecule has 1 aliphatic heterocycles. The molecular formula is C24H28ClF3N4O7S. The van der Waals surface area contributed by atoms with Gasteiger partial charge in [-0.2, -0.15) is 18.3 Å². The molecule has 2 aliphatic rings. The van der Waals surface area contributed by atoms with Crippen LogP contribution < -0.4 is 14.4 Å². The molecule has 16 heteroatoms. The van der Waals surface area contributed by atoms with Crippen LogP contribution in [0.4, 0.5) is 29.3 Å². The summed E-state index contributed by atoms with van der Waals surface area (Å²) in [6.45, 7) is 3.17. The number of rotatable bonds is 9. The van der Waals surface area contributed by atoms with Crippen LogP contribution in [0.2, 0.25) is 5.15 Å². The third-order valence-electron chi connectivity index (χ3n) is 6.77. The molecule has 1 aliphatic carbocycles. The standard InChI is InChI=1S/C24H28ClF3N4O7S/c1-4-31-12-19(20(25)30-31)40(36,37)32-11-15(10-16(21(33)34)13-5-6-13)38-18-8-7-14(9-17(18)32)29-22(35)39-23(2,3)24(26,27)28/h7-9,12-13,15-16H,4-6,10-11H2,1-3H3,(H,29,35)(H,33,34)/t15-,16-/m0/s1. The van der Waals surface area contributed by atoms with Crippen molar-refractivity contribution >= 4 is 45.1 Å². The molecule has 0 spiro atoms. The monoisotopic (exact) mass is 608 g/mol. The SMILES string of the molecule is CCn1cc(S(=O)(=O)N2C[C@H](C[C@H](C(=O)O)C3CC3)Oc3ccc(NC(=O)OC(C)(C)C(F)(F)F)cc32)c(Cl)n1. The molecule has 40 heavy (non-hydrogen) atoms. The van der Waals surface area contributed by atoms with Gasteiger partial charge in [0.15, 0.2) is 5.15 Å². The zero-order chi connectivity index (χ0) is 29.6. The topological polar surface area (TPSA) is 140 Å². The lowest BCUT2D eigenvalue weighted by Gasteiger charge is -2.36. The molecule has 2 heterocycles. The highest BCUT2D eigenvalue weighted by Gasteiger charge is 2.51. The average molecular weight is 609 g/mol. The van der Waals surface area contributed by atoms with Crippen molar-refractivity contribution in [3.8, 4) is 5.75 Å². The molecule has 11 nitrogen and oxygen atoms in total. The summed E-state index contributed by atoms with van der Waals surface area (Å²) in [6, 6.07) is 3.84. The van der Waals surface area contributed by atoms with Gasteiger partial charge < -0.3 is 14.6 Å². The lowest BCUT2D eigenvalue weighted by Crippen LogP contribution is -2.45. The van der Waals surface area contributed by atoms with Gasteiger partial charge in [-0.25, -0.2) is 13.2 Å². The van der Waals surface area contributed by atoms with E-state index in [4.69, 9.17) is 16.3 Å². The summed E-state index contributed by atoms with van der Waals surface area (Å²) in [5, 5.41) is 15.6. The first kappa shape index (κ1) is 29.8. The van der Waals surface area contributed by atoms with Crippen LogP contribution in [0, 0.1) is 11.8 Å². The zero-order valence-electron chi connectivity index (χ0n) is 21.7. The molecule has 0 radical (unpaired) electrons. The molecule has 1 aromatic carbocycles. The van der Waals surface area contributed by atoms with Crippen LogP contribution >= 0.6 is 11.6 Å². The van der Waals surface area contributed by atoms with Crippen molar-refractivity contribution in [3.05, 3.63) is 29.5 Å². The Morgan fingerprint density at radius 3 is 2.52 bits per heavy atom. The van der Waals surface area contributed by atoms with E-state index in [1.807, 2.05) is 0 Å². The highest BCUT2D eigenvalue weighted by Crippen LogP contribution is 2.44. The molecule has 0 bridgehead atoms. The number of aromatic nitrogens is 2. The summed E-state index contributed by atoms with van der Waals surface area (Å²) in [4.78, 5) is 23.8. The number of alkyl halides is 3. The number of nitrogens with one attached hydrogen (secondary N) is 1. The minimum Gasteiger partial charge on any atom is -0.486 e. The Hall–Kier alpha value is -3.20. The predicted octanol–water partition coefficient (Wildman–Crippen LogP) is 4.90. The molecule has 1 fully saturated rings. The number of aliphatic carboxylic acids is 1. The molecule has 1 saturated carbocycles. The van der Waals surface area contributed by atoms with Crippen LogP contribution in [0.5, 0.6) is 5.75 Å². The van der Waals surface area contributed by atoms with Gasteiger partial charge in [0, 0.05) is 18.4 Å². The van der Waals surface area contributed by atoms with Crippen LogP contribution in [0.3, 0.4) is 0 Å². The number of carboxylic acids is 1. The van der Waals surface area contributed by atoms with Gasteiger partial charge in [0.05, 0.1) is 18.2 Å². The number of aryl methyl sites for hydroxylation is 1. The number of fused-ring (bicyclic) bond motifs is 1. The minimum atomic E-state index is -4.83. The fourth-order valence-electron chi connectivity index (χ4n) is 4.28. The Morgan fingerprint density at radius 1 is 1.30 bits per heavy atom. The number of benzene rings is 1. The molecule has 2 atom stereocenters. The summed E-state index contributed by atoms with van der Waals surface area (Å²) < 4.78 is 79.9. The highest BCUT2D eigenvalue weighted by molar-refractivity contribution is 7.93. The van der Waals surface area contributed by atoms with Crippen molar-refractivity contribution in [1.29, 1.82) is 0 Å². The van der Waals surface area contributed by atoms with Gasteiger partial charge in [0.1, 0.15) is 16.7 Å². The maximum absolute atomic E-state index is 13.8. The molecule has 220 valence electrons. The lowest BCUT2D eigenvalue weighted by atomic mass is 9.95. The number of carbonyl (C=O) groups is 2. The summed E-state index contributed by atoms with van der Waals surface area (Å²) in [5.41, 5.74) is -2.89. The van der Waals surface area contributed by atoms with Gasteiger partial charge in [0.2, 0.25) is 5.60 Å². The van der Waals surface area contributed by atoms with E-state index < -0.39 is 45.9 Å². The normalized spacial score (nSPS) is 18.5. The Kier molecular flexibility index (Phi) is 7.93. The van der Waals surface area contributed by atoms with Gasteiger partial charge in [-0.05, 0) is 64.2 Å². The summed E-state index contributed by atoms with van der Waals surface area (Å²) in [6.07, 6.45) is -4.26. The van der Waals surface area contributed by atoms with Crippen molar-refractivity contribution in [2.45, 2.75) is 69.4 Å². The second-order valence-electron chi connectivity index (χ2n) is 10.1. The third kappa shape index (κ3) is 6.09. The van der Waals surface area contributed by atoms with E-state index in [9.17, 15) is 36.3 Å². The van der Waals surface area contributed by atoms with Crippen LogP contribution in [0.1, 0.15) is 40.0 Å². The zero-order valence-corrected chi connectivity index (χ0v) is 23.3. The molecule has 2 aromatic rings. The predicted molar refractivity (Wildman–Crippen MR) is 137 cm³/mol. The van der Waals surface area contributed by atoms with Crippen molar-refractivity contribution in [1.82, 2.24) is 9.78 Å². The molecule has 1 amide bonds. The third-order valence-corrected chi connectivity index (χ3v) is 8.94. The Bertz CT molecular complexity index is 1410. The van der Waals surface area contributed by atoms with E-state index in [1.54, 1.807) is 6.92 Å². The first-order valence-corrected chi connectivity index (χ1v) is 14.2. The average Bonchev–Trinajstić information content (AvgIpc) is 3.61. The first-order chi connectivity index (χ1) is 18.5. The number of nitrogens with zero attached hydrogens (tertiary/aromatic N) is 3. The number of carbonyl (C=O) groups excluding carboxylic acids is 1. The van der Waals surface area contributed by atoms with Crippen LogP contribution in [-0.4, -0.2) is 59.8 Å². The van der Waals surface area contributed by atoms with E-state index in [2.05, 4.69) is 15.2 Å². The van der Waals surface area contributed by atoms with Gasteiger partial charge in [0.25, 0.3) is 10.0 Å². The number of amides is 1. The maximum Gasteiger partial charge on any atom is 0.427 e. The van der Waals surface area contributed by atoms with Crippen molar-refractivity contribution in [2.75, 3.05) is 16.2 Å². The summed E-state index contributed by atoms with van der Waals surface area (Å²) in [5.74, 6) is -1.69. The second kappa shape index (κ2) is 10.7. The van der Waals surface area contributed by atoms with Crippen molar-refractivity contribution in [2.24, 2.45) is 11.8 Å². The van der Waals surface area contributed by atoms with Gasteiger partial charge in [-0.3, -0.25) is 19.1 Å². The molecule has 0 unspecified atom stereocenters. The summed E-state index contributed by atoms with van der Waals surface area (Å²) in [7, 11) is -4.38. The van der Waals surface area contributed by atoms with Crippen LogP contribution in [0.15, 0.2) is 29.3 Å². The number of hydrogen-bond donors (Lipinski definition) is 2. The number of ether oxygens (including phenoxy) is 2. The van der Waals surface area contributed by atoms with E-state index in [-0.39, 0.29) is 46.1 Å². The number of sulfonamides is 1. The van der Waals surface area contributed by atoms with Gasteiger partial charge in [-0.15, -0.1) is 0 Å². The molecule has 1 aromatic heterocycles. The van der Waals surface area contributed by atoms with Crippen LogP contribution in [-0.2, 0) is 26.1 Å². The highest BCUT2D eigenvalue weighted by atomic mass is 35.5. The largest absolute Gasteiger partial charge is 0.486 e. The fourth-order valence-corrected chi connectivity index (χ4v) is 6.23. The molecule has 2 N–H and O–H groups in total. The minimum absolute atomic E-state index is 0.0247. The molecule has 0 saturated heterocycles. The molecular weight excluding hydrogens is 581 g/mol. The van der Waals surface area contributed by atoms with Crippen molar-refractivity contribution in [3.63, 3.8) is 0 Å². The smallest absolute Gasteiger partial charge is 0.427 e. The lowest BCUT2D eigenvalue weighted by molar-refractivity contribution is -0.242. The van der Waals surface area contributed by atoms with Gasteiger partial charge in [-0.1, -0.05) is 11.6 Å². The number of anilines is 2. The Balaban J connectivity index is 1.68. The maximum atomic E-state index is 13.8. The van der Waals surface area contributed by atoms with E-state index >= 15 is 0 Å². The Labute approximate surface area is 233 Å². The quantitative estimate of drug-likeness (QED) is 0.410. The van der Waals surface area contributed by atoms with E-state index in [1.165, 1.54) is 29.1 Å². The number of carboxylic acid groups (broad SMARTS) is 1. The van der Waals surface area contributed by atoms with Gasteiger partial charge >= 0.3 is 18.2 Å². The summed E-state index contributed by atoms with van der Waals surface area (Å²) >= 11 is 6.15. The van der Waals surface area contributed by atoms with E-state index in [0.29, 0.717) is 20.4 Å². The molecule has 4 rings (SSSR count). The first-order valence-electron chi connectivity index (χ1n) is 12.4. The fraction of sp³-hybridized carbons (Fsp3) is 0.542. The van der Waals surface area contributed by atoms with E-state index in [0.717, 1.165) is 17.1 Å².